The number of amides is 2. The van der Waals surface area contributed by atoms with Crippen LogP contribution in [0.1, 0.15) is 25.8 Å². The molecule has 1 aliphatic heterocycles. The zero-order chi connectivity index (χ0) is 27.2. The second kappa shape index (κ2) is 12.3. The van der Waals surface area contributed by atoms with Crippen molar-refractivity contribution in [1.82, 2.24) is 4.90 Å². The first-order valence-corrected chi connectivity index (χ1v) is 13.2. The number of methoxy groups -OCH3 is 1. The number of rotatable bonds is 10. The normalized spacial score (nSPS) is 25.0. The van der Waals surface area contributed by atoms with E-state index in [1.165, 1.54) is 4.90 Å². The minimum absolute atomic E-state index is 0.175. The first kappa shape index (κ1) is 27.4. The van der Waals surface area contributed by atoms with Gasteiger partial charge < -0.3 is 24.8 Å². The molecule has 202 valence electrons. The van der Waals surface area contributed by atoms with E-state index >= 15 is 0 Å². The minimum atomic E-state index is -0.901. The number of carbonyl (C=O) groups excluding carboxylic acids is 3. The van der Waals surface area contributed by atoms with Crippen LogP contribution in [-0.4, -0.2) is 60.2 Å². The second-order valence-electron chi connectivity index (χ2n) is 9.77. The zero-order valence-corrected chi connectivity index (χ0v) is 22.1. The van der Waals surface area contributed by atoms with Gasteiger partial charge in [0.2, 0.25) is 11.8 Å². The summed E-state index contributed by atoms with van der Waals surface area (Å²) in [5.41, 5.74) is 1.50. The first-order valence-electron chi connectivity index (χ1n) is 13.2. The number of hydrogen-bond donors (Lipinski definition) is 2. The Morgan fingerprint density at radius 2 is 1.76 bits per heavy atom. The van der Waals surface area contributed by atoms with Crippen molar-refractivity contribution in [3.8, 4) is 5.75 Å². The van der Waals surface area contributed by atoms with Gasteiger partial charge in [0, 0.05) is 11.6 Å². The van der Waals surface area contributed by atoms with E-state index in [0.717, 1.165) is 5.56 Å². The molecule has 38 heavy (non-hydrogen) atoms. The second-order valence-corrected chi connectivity index (χ2v) is 9.77. The van der Waals surface area contributed by atoms with Gasteiger partial charge in [0.15, 0.2) is 0 Å². The molecular weight excluding hydrogens is 484 g/mol. The molecule has 0 saturated carbocycles. The lowest BCUT2D eigenvalue weighted by molar-refractivity contribution is -0.156. The summed E-state index contributed by atoms with van der Waals surface area (Å²) < 4.78 is 10.6. The third-order valence-electron chi connectivity index (χ3n) is 7.62. The molecular formula is C30H36N2O6. The van der Waals surface area contributed by atoms with Gasteiger partial charge in [-0.15, -0.1) is 0 Å². The molecule has 0 radical (unpaired) electrons. The van der Waals surface area contributed by atoms with Crippen LogP contribution in [0.4, 0.5) is 5.69 Å². The summed E-state index contributed by atoms with van der Waals surface area (Å²) in [5, 5.41) is 13.4. The Balaban J connectivity index is 1.73. The summed E-state index contributed by atoms with van der Waals surface area (Å²) in [5.74, 6) is -2.60. The lowest BCUT2D eigenvalue weighted by atomic mass is 9.69. The fourth-order valence-electron chi connectivity index (χ4n) is 5.82. The fraction of sp³-hybridized carbons (Fsp3) is 0.433. The third kappa shape index (κ3) is 5.45. The molecule has 8 nitrogen and oxygen atoms in total. The average molecular weight is 521 g/mol. The van der Waals surface area contributed by atoms with Crippen molar-refractivity contribution in [2.24, 2.45) is 23.7 Å². The highest BCUT2D eigenvalue weighted by molar-refractivity contribution is 6.01. The number of aliphatic hydroxyl groups is 1. The Labute approximate surface area is 223 Å². The summed E-state index contributed by atoms with van der Waals surface area (Å²) >= 11 is 0. The molecule has 1 fully saturated rings. The number of ether oxygens (including phenoxy) is 2. The van der Waals surface area contributed by atoms with E-state index in [4.69, 9.17) is 9.47 Å². The van der Waals surface area contributed by atoms with Gasteiger partial charge in [-0.3, -0.25) is 14.4 Å². The number of anilines is 1. The van der Waals surface area contributed by atoms with Crippen LogP contribution in [0.25, 0.3) is 0 Å². The predicted octanol–water partition coefficient (Wildman–Crippen LogP) is 3.46. The number of benzene rings is 2. The number of allylic oxidation sites excluding steroid dienone is 1. The van der Waals surface area contributed by atoms with Crippen molar-refractivity contribution < 1.29 is 29.0 Å². The summed E-state index contributed by atoms with van der Waals surface area (Å²) in [6.07, 6.45) is 4.88. The molecule has 8 heteroatoms. The lowest BCUT2D eigenvalue weighted by Gasteiger charge is -2.34. The van der Waals surface area contributed by atoms with Crippen molar-refractivity contribution in [2.75, 3.05) is 25.6 Å². The van der Waals surface area contributed by atoms with Gasteiger partial charge in [0.1, 0.15) is 11.8 Å². The van der Waals surface area contributed by atoms with Crippen LogP contribution in [0.3, 0.4) is 0 Å². The van der Waals surface area contributed by atoms with Crippen LogP contribution in [0.2, 0.25) is 0 Å². The largest absolute Gasteiger partial charge is 0.497 e. The molecule has 0 bridgehead atoms. The highest BCUT2D eigenvalue weighted by Gasteiger charge is 2.58. The molecule has 0 spiro atoms. The van der Waals surface area contributed by atoms with E-state index in [2.05, 4.69) is 5.32 Å². The van der Waals surface area contributed by atoms with Crippen LogP contribution in [0, 0.1) is 23.7 Å². The van der Waals surface area contributed by atoms with Gasteiger partial charge >= 0.3 is 5.97 Å². The van der Waals surface area contributed by atoms with E-state index in [-0.39, 0.29) is 30.9 Å². The monoisotopic (exact) mass is 520 g/mol. The SMILES string of the molecule is CCOC(=O)[C@H]1[C@@H]2C(=O)N([C@@H](CO)Cc3ccccc3)[C@H](C(=O)Nc3ccc(OC)cc3)[C@H]2C=C[C@H]1CC. The Hall–Kier alpha value is -3.65. The molecule has 0 unspecified atom stereocenters. The smallest absolute Gasteiger partial charge is 0.310 e. The quantitative estimate of drug-likeness (QED) is 0.367. The molecule has 4 rings (SSSR count). The number of nitrogens with zero attached hydrogens (tertiary/aromatic N) is 1. The topological polar surface area (TPSA) is 105 Å². The zero-order valence-electron chi connectivity index (χ0n) is 22.1. The van der Waals surface area contributed by atoms with Crippen LogP contribution in [0.15, 0.2) is 66.7 Å². The molecule has 1 aliphatic carbocycles. The Kier molecular flexibility index (Phi) is 8.84. The number of nitrogens with one attached hydrogen (secondary N) is 1. The first-order chi connectivity index (χ1) is 18.4. The maximum Gasteiger partial charge on any atom is 0.310 e. The highest BCUT2D eigenvalue weighted by atomic mass is 16.5. The number of esters is 1. The molecule has 2 aromatic rings. The van der Waals surface area contributed by atoms with Crippen molar-refractivity contribution in [1.29, 1.82) is 0 Å². The number of fused-ring (bicyclic) bond motifs is 1. The van der Waals surface area contributed by atoms with Gasteiger partial charge in [-0.1, -0.05) is 49.4 Å². The molecule has 6 atom stereocenters. The molecule has 2 amide bonds. The van der Waals surface area contributed by atoms with Crippen molar-refractivity contribution in [3.63, 3.8) is 0 Å². The number of carbonyl (C=O) groups is 3. The maximum atomic E-state index is 14.1. The van der Waals surface area contributed by atoms with E-state index in [0.29, 0.717) is 24.3 Å². The average Bonchev–Trinajstić information content (AvgIpc) is 3.24. The third-order valence-corrected chi connectivity index (χ3v) is 7.62. The molecule has 0 aromatic heterocycles. The van der Waals surface area contributed by atoms with Crippen molar-refractivity contribution in [2.45, 2.75) is 38.8 Å². The van der Waals surface area contributed by atoms with Gasteiger partial charge in [-0.2, -0.15) is 0 Å². The molecule has 2 aliphatic rings. The Morgan fingerprint density at radius 1 is 1.05 bits per heavy atom. The number of likely N-dealkylation sites (tertiary alicyclic amines) is 1. The Bertz CT molecular complexity index is 1150. The fourth-order valence-corrected chi connectivity index (χ4v) is 5.82. The standard InChI is InChI=1S/C30H36N2O6/c1-4-20-11-16-24-26(25(20)30(36)38-5-2)29(35)32(22(18-33)17-19-9-7-6-8-10-19)27(24)28(34)31-21-12-14-23(37-3)15-13-21/h6-16,20,22,24-27,33H,4-5,17-18H2,1-3H3,(H,31,34)/t20-,22-,24+,25-,26-,27+/m1/s1. The molecule has 1 heterocycles. The summed E-state index contributed by atoms with van der Waals surface area (Å²) in [4.78, 5) is 42.6. The van der Waals surface area contributed by atoms with E-state index in [9.17, 15) is 19.5 Å². The summed E-state index contributed by atoms with van der Waals surface area (Å²) in [7, 11) is 1.57. The molecule has 2 N–H and O–H groups in total. The van der Waals surface area contributed by atoms with E-state index in [1.54, 1.807) is 38.3 Å². The minimum Gasteiger partial charge on any atom is -0.497 e. The number of hydrogen-bond acceptors (Lipinski definition) is 6. The lowest BCUT2D eigenvalue weighted by Crippen LogP contribution is -2.51. The molecule has 1 saturated heterocycles. The van der Waals surface area contributed by atoms with Gasteiger partial charge in [0.05, 0.1) is 38.2 Å². The van der Waals surface area contributed by atoms with Gasteiger partial charge in [0.25, 0.3) is 0 Å². The number of aliphatic hydroxyl groups excluding tert-OH is 1. The summed E-state index contributed by atoms with van der Waals surface area (Å²) in [6.45, 7) is 3.60. The van der Waals surface area contributed by atoms with Crippen LogP contribution < -0.4 is 10.1 Å². The van der Waals surface area contributed by atoms with Gasteiger partial charge in [-0.25, -0.2) is 0 Å². The van der Waals surface area contributed by atoms with E-state index < -0.39 is 35.8 Å². The van der Waals surface area contributed by atoms with Crippen molar-refractivity contribution >= 4 is 23.5 Å². The predicted molar refractivity (Wildman–Crippen MR) is 143 cm³/mol. The highest BCUT2D eigenvalue weighted by Crippen LogP contribution is 2.46. The van der Waals surface area contributed by atoms with Crippen LogP contribution >= 0.6 is 0 Å². The van der Waals surface area contributed by atoms with E-state index in [1.807, 2.05) is 49.4 Å². The molecule has 2 aromatic carbocycles. The Morgan fingerprint density at radius 3 is 2.37 bits per heavy atom. The van der Waals surface area contributed by atoms with Crippen molar-refractivity contribution in [3.05, 3.63) is 72.3 Å². The van der Waals surface area contributed by atoms with Crippen LogP contribution in [0.5, 0.6) is 5.75 Å². The van der Waals surface area contributed by atoms with Crippen LogP contribution in [-0.2, 0) is 25.5 Å². The van der Waals surface area contributed by atoms with Gasteiger partial charge in [-0.05, 0) is 55.5 Å². The summed E-state index contributed by atoms with van der Waals surface area (Å²) in [6, 6.07) is 15.0. The maximum absolute atomic E-state index is 14.1.